The molecule has 0 aromatic heterocycles. The Labute approximate surface area is 110 Å². The highest BCUT2D eigenvalue weighted by Gasteiger charge is 2.40. The average molecular weight is 250 g/mol. The fraction of sp³-hybridized carbons (Fsp3) is 0.933. The van der Waals surface area contributed by atoms with Gasteiger partial charge in [0.1, 0.15) is 0 Å². The minimum absolute atomic E-state index is 0.238. The second-order valence-corrected chi connectivity index (χ2v) is 6.70. The standard InChI is InChI=1S/C15H26N2O/c1-17(15(18)13-3-2-6-16-9-13)10-14-8-11-4-5-12(14)7-11/h11-14,16H,2-10H2,1H3. The third-order valence-electron chi connectivity index (χ3n) is 5.42. The first kappa shape index (κ1) is 12.5. The van der Waals surface area contributed by atoms with Crippen LogP contribution in [-0.4, -0.2) is 37.5 Å². The number of hydrogen-bond acceptors (Lipinski definition) is 2. The van der Waals surface area contributed by atoms with Crippen LogP contribution in [0.1, 0.15) is 38.5 Å². The summed E-state index contributed by atoms with van der Waals surface area (Å²) >= 11 is 0. The van der Waals surface area contributed by atoms with E-state index >= 15 is 0 Å². The van der Waals surface area contributed by atoms with Crippen molar-refractivity contribution in [2.75, 3.05) is 26.7 Å². The van der Waals surface area contributed by atoms with Gasteiger partial charge in [0.2, 0.25) is 5.91 Å². The summed E-state index contributed by atoms with van der Waals surface area (Å²) in [6.45, 7) is 2.98. The Morgan fingerprint density at radius 1 is 1.28 bits per heavy atom. The Hall–Kier alpha value is -0.570. The number of hydrogen-bond donors (Lipinski definition) is 1. The van der Waals surface area contributed by atoms with Crippen LogP contribution in [0.5, 0.6) is 0 Å². The van der Waals surface area contributed by atoms with Crippen LogP contribution >= 0.6 is 0 Å². The van der Waals surface area contributed by atoms with Gasteiger partial charge >= 0.3 is 0 Å². The molecule has 0 radical (unpaired) electrons. The number of carbonyl (C=O) groups excluding carboxylic acids is 1. The van der Waals surface area contributed by atoms with Gasteiger partial charge in [0, 0.05) is 20.1 Å². The van der Waals surface area contributed by atoms with Crippen LogP contribution in [0, 0.1) is 23.7 Å². The maximum atomic E-state index is 12.4. The predicted octanol–water partition coefficient (Wildman–Crippen LogP) is 1.88. The first-order valence-corrected chi connectivity index (χ1v) is 7.69. The highest BCUT2D eigenvalue weighted by Crippen LogP contribution is 2.48. The molecule has 1 aliphatic heterocycles. The third kappa shape index (κ3) is 2.42. The van der Waals surface area contributed by atoms with Crippen molar-refractivity contribution in [3.8, 4) is 0 Å². The van der Waals surface area contributed by atoms with Gasteiger partial charge in [-0.25, -0.2) is 0 Å². The molecule has 3 fully saturated rings. The van der Waals surface area contributed by atoms with Crippen molar-refractivity contribution < 1.29 is 4.79 Å². The molecule has 18 heavy (non-hydrogen) atoms. The van der Waals surface area contributed by atoms with Crippen LogP contribution in [0.2, 0.25) is 0 Å². The van der Waals surface area contributed by atoms with E-state index in [2.05, 4.69) is 5.32 Å². The minimum Gasteiger partial charge on any atom is -0.345 e. The van der Waals surface area contributed by atoms with Crippen LogP contribution in [0.15, 0.2) is 0 Å². The summed E-state index contributed by atoms with van der Waals surface area (Å²) in [6, 6.07) is 0. The van der Waals surface area contributed by atoms with Gasteiger partial charge < -0.3 is 10.2 Å². The molecule has 4 atom stereocenters. The van der Waals surface area contributed by atoms with Gasteiger partial charge in [0.25, 0.3) is 0 Å². The fourth-order valence-electron chi connectivity index (χ4n) is 4.42. The Bertz CT molecular complexity index is 312. The molecule has 2 bridgehead atoms. The Balaban J connectivity index is 1.51. The molecule has 0 aromatic rings. The molecule has 3 aliphatic rings. The zero-order valence-electron chi connectivity index (χ0n) is 11.5. The first-order valence-electron chi connectivity index (χ1n) is 7.69. The summed E-state index contributed by atoms with van der Waals surface area (Å²) in [6.07, 6.45) is 7.92. The van der Waals surface area contributed by atoms with E-state index in [1.165, 1.54) is 25.7 Å². The number of nitrogens with one attached hydrogen (secondary N) is 1. The van der Waals surface area contributed by atoms with Crippen LogP contribution < -0.4 is 5.32 Å². The molecule has 0 spiro atoms. The molecule has 1 amide bonds. The topological polar surface area (TPSA) is 32.3 Å². The van der Waals surface area contributed by atoms with E-state index in [4.69, 9.17) is 0 Å². The number of nitrogens with zero attached hydrogens (tertiary/aromatic N) is 1. The molecule has 3 rings (SSSR count). The molecule has 102 valence electrons. The average Bonchev–Trinajstić information content (AvgIpc) is 3.01. The van der Waals surface area contributed by atoms with Crippen molar-refractivity contribution in [2.24, 2.45) is 23.7 Å². The maximum Gasteiger partial charge on any atom is 0.226 e. The summed E-state index contributed by atoms with van der Waals surface area (Å²) in [7, 11) is 2.02. The van der Waals surface area contributed by atoms with E-state index < -0.39 is 0 Å². The van der Waals surface area contributed by atoms with Crippen molar-refractivity contribution in [2.45, 2.75) is 38.5 Å². The maximum absolute atomic E-state index is 12.4. The van der Waals surface area contributed by atoms with Gasteiger partial charge in [-0.05, 0) is 56.4 Å². The lowest BCUT2D eigenvalue weighted by atomic mass is 9.88. The lowest BCUT2D eigenvalue weighted by molar-refractivity contribution is -0.135. The molecule has 4 unspecified atom stereocenters. The lowest BCUT2D eigenvalue weighted by Gasteiger charge is -2.31. The van der Waals surface area contributed by atoms with Crippen molar-refractivity contribution in [1.82, 2.24) is 10.2 Å². The molecular weight excluding hydrogens is 224 g/mol. The van der Waals surface area contributed by atoms with Gasteiger partial charge in [-0.15, -0.1) is 0 Å². The zero-order valence-corrected chi connectivity index (χ0v) is 11.5. The van der Waals surface area contributed by atoms with Crippen LogP contribution in [0.3, 0.4) is 0 Å². The van der Waals surface area contributed by atoms with Crippen LogP contribution in [0.25, 0.3) is 0 Å². The molecule has 2 aliphatic carbocycles. The summed E-state index contributed by atoms with van der Waals surface area (Å²) in [5, 5.41) is 3.34. The highest BCUT2D eigenvalue weighted by molar-refractivity contribution is 5.78. The van der Waals surface area contributed by atoms with Crippen LogP contribution in [-0.2, 0) is 4.79 Å². The van der Waals surface area contributed by atoms with Gasteiger partial charge in [0.15, 0.2) is 0 Å². The third-order valence-corrected chi connectivity index (χ3v) is 5.42. The van der Waals surface area contributed by atoms with Crippen molar-refractivity contribution in [1.29, 1.82) is 0 Å². The molecule has 0 aromatic carbocycles. The Morgan fingerprint density at radius 3 is 2.78 bits per heavy atom. The number of rotatable bonds is 3. The molecule has 3 heteroatoms. The molecule has 1 heterocycles. The normalized spacial score (nSPS) is 38.9. The minimum atomic E-state index is 0.238. The Kier molecular flexibility index (Phi) is 3.60. The highest BCUT2D eigenvalue weighted by atomic mass is 16.2. The Morgan fingerprint density at radius 2 is 2.17 bits per heavy atom. The van der Waals surface area contributed by atoms with Crippen molar-refractivity contribution in [3.63, 3.8) is 0 Å². The SMILES string of the molecule is CN(CC1CC2CCC1C2)C(=O)C1CCCNC1. The second-order valence-electron chi connectivity index (χ2n) is 6.70. The smallest absolute Gasteiger partial charge is 0.226 e. The van der Waals surface area contributed by atoms with Gasteiger partial charge in [-0.1, -0.05) is 6.42 Å². The lowest BCUT2D eigenvalue weighted by Crippen LogP contribution is -2.43. The van der Waals surface area contributed by atoms with E-state index in [1.807, 2.05) is 11.9 Å². The zero-order chi connectivity index (χ0) is 12.5. The van der Waals surface area contributed by atoms with Gasteiger partial charge in [-0.3, -0.25) is 4.79 Å². The van der Waals surface area contributed by atoms with E-state index in [1.54, 1.807) is 0 Å². The van der Waals surface area contributed by atoms with Gasteiger partial charge in [0.05, 0.1) is 5.92 Å². The molecule has 2 saturated carbocycles. The molecular formula is C15H26N2O. The van der Waals surface area contributed by atoms with E-state index in [9.17, 15) is 4.79 Å². The molecule has 1 saturated heterocycles. The predicted molar refractivity (Wildman–Crippen MR) is 72.2 cm³/mol. The van der Waals surface area contributed by atoms with E-state index in [-0.39, 0.29) is 5.92 Å². The second kappa shape index (κ2) is 5.20. The monoisotopic (exact) mass is 250 g/mol. The summed E-state index contributed by atoms with van der Waals surface area (Å²) in [4.78, 5) is 14.4. The van der Waals surface area contributed by atoms with Crippen molar-refractivity contribution in [3.05, 3.63) is 0 Å². The van der Waals surface area contributed by atoms with E-state index in [0.29, 0.717) is 5.91 Å². The number of fused-ring (bicyclic) bond motifs is 2. The van der Waals surface area contributed by atoms with E-state index in [0.717, 1.165) is 50.2 Å². The summed E-state index contributed by atoms with van der Waals surface area (Å²) in [5.41, 5.74) is 0. The quantitative estimate of drug-likeness (QED) is 0.829. The van der Waals surface area contributed by atoms with Crippen LogP contribution in [0.4, 0.5) is 0 Å². The largest absolute Gasteiger partial charge is 0.345 e. The fourth-order valence-corrected chi connectivity index (χ4v) is 4.42. The summed E-state index contributed by atoms with van der Waals surface area (Å²) in [5.74, 6) is 3.33. The molecule has 1 N–H and O–H groups in total. The summed E-state index contributed by atoms with van der Waals surface area (Å²) < 4.78 is 0. The van der Waals surface area contributed by atoms with Crippen molar-refractivity contribution >= 4 is 5.91 Å². The number of amides is 1. The first-order chi connectivity index (χ1) is 8.74. The number of piperidine rings is 1. The number of carbonyl (C=O) groups is 1. The van der Waals surface area contributed by atoms with Gasteiger partial charge in [-0.2, -0.15) is 0 Å². The molecule has 3 nitrogen and oxygen atoms in total.